The summed E-state index contributed by atoms with van der Waals surface area (Å²) >= 11 is 1.87. The van der Waals surface area contributed by atoms with Gasteiger partial charge in [0.25, 0.3) is 5.91 Å². The van der Waals surface area contributed by atoms with Crippen molar-refractivity contribution in [2.24, 2.45) is 0 Å². The first-order valence-corrected chi connectivity index (χ1v) is 8.59. The highest BCUT2D eigenvalue weighted by atomic mass is 32.2. The number of rotatable bonds is 5. The van der Waals surface area contributed by atoms with Gasteiger partial charge in [-0.2, -0.15) is 11.8 Å². The maximum absolute atomic E-state index is 12.8. The van der Waals surface area contributed by atoms with Crippen molar-refractivity contribution in [3.05, 3.63) is 59.5 Å². The van der Waals surface area contributed by atoms with Crippen molar-refractivity contribution < 1.29 is 13.9 Å². The second kappa shape index (κ2) is 7.46. The molecule has 1 unspecified atom stereocenters. The predicted molar refractivity (Wildman–Crippen MR) is 88.2 cm³/mol. The van der Waals surface area contributed by atoms with Gasteiger partial charge in [-0.1, -0.05) is 12.1 Å². The monoisotopic (exact) mass is 332 g/mol. The molecule has 1 amide bonds. The van der Waals surface area contributed by atoms with Crippen molar-refractivity contribution in [2.75, 3.05) is 11.5 Å². The van der Waals surface area contributed by atoms with Gasteiger partial charge in [0.1, 0.15) is 11.9 Å². The molecule has 2 heterocycles. The first-order valence-electron chi connectivity index (χ1n) is 7.44. The summed E-state index contributed by atoms with van der Waals surface area (Å²) in [5, 5.41) is 2.78. The average Bonchev–Trinajstić information content (AvgIpc) is 3.08. The highest BCUT2D eigenvalue weighted by molar-refractivity contribution is 7.99. The molecule has 1 aliphatic heterocycles. The maximum Gasteiger partial charge on any atom is 0.253 e. The molecule has 1 aromatic heterocycles. The van der Waals surface area contributed by atoms with Crippen LogP contribution in [0.15, 0.2) is 42.6 Å². The van der Waals surface area contributed by atoms with Crippen LogP contribution in [0.4, 0.5) is 4.39 Å². The second-order valence-corrected chi connectivity index (χ2v) is 6.45. The lowest BCUT2D eigenvalue weighted by Crippen LogP contribution is -2.23. The summed E-state index contributed by atoms with van der Waals surface area (Å²) in [6, 6.07) is 9.45. The Morgan fingerprint density at radius 2 is 2.13 bits per heavy atom. The Labute approximate surface area is 138 Å². The third-order valence-electron chi connectivity index (χ3n) is 3.54. The third kappa shape index (κ3) is 4.45. The zero-order chi connectivity index (χ0) is 16.1. The number of carbonyl (C=O) groups excluding carboxylic acids is 1. The summed E-state index contributed by atoms with van der Waals surface area (Å²) in [6.07, 6.45) is 2.76. The van der Waals surface area contributed by atoms with Gasteiger partial charge in [0.2, 0.25) is 5.88 Å². The number of benzene rings is 1. The fraction of sp³-hybridized carbons (Fsp3) is 0.294. The topological polar surface area (TPSA) is 51.2 Å². The van der Waals surface area contributed by atoms with Crippen LogP contribution in [0.1, 0.15) is 22.3 Å². The van der Waals surface area contributed by atoms with Gasteiger partial charge in [0.05, 0.1) is 5.56 Å². The number of halogens is 1. The van der Waals surface area contributed by atoms with E-state index in [0.29, 0.717) is 18.0 Å². The predicted octanol–water partition coefficient (Wildman–Crippen LogP) is 3.04. The molecular formula is C17H17FN2O2S. The summed E-state index contributed by atoms with van der Waals surface area (Å²) in [7, 11) is 0. The normalized spacial score (nSPS) is 17.0. The minimum Gasteiger partial charge on any atom is -0.473 e. The molecule has 0 spiro atoms. The van der Waals surface area contributed by atoms with E-state index in [-0.39, 0.29) is 17.8 Å². The zero-order valence-electron chi connectivity index (χ0n) is 12.5. The van der Waals surface area contributed by atoms with Gasteiger partial charge >= 0.3 is 0 Å². The van der Waals surface area contributed by atoms with Gasteiger partial charge in [-0.15, -0.1) is 0 Å². The van der Waals surface area contributed by atoms with Gasteiger partial charge in [-0.25, -0.2) is 9.37 Å². The molecule has 120 valence electrons. The van der Waals surface area contributed by atoms with Crippen LogP contribution in [-0.2, 0) is 6.54 Å². The summed E-state index contributed by atoms with van der Waals surface area (Å²) in [6.45, 7) is 0.344. The zero-order valence-corrected chi connectivity index (χ0v) is 13.3. The highest BCUT2D eigenvalue weighted by Crippen LogP contribution is 2.21. The van der Waals surface area contributed by atoms with Crippen LogP contribution in [0.5, 0.6) is 5.88 Å². The molecule has 4 nitrogen and oxygen atoms in total. The minimum atomic E-state index is -0.291. The fourth-order valence-corrected chi connectivity index (χ4v) is 3.34. The maximum atomic E-state index is 12.8. The Balaban J connectivity index is 1.53. The van der Waals surface area contributed by atoms with Gasteiger partial charge in [0, 0.05) is 24.6 Å². The van der Waals surface area contributed by atoms with Crippen molar-refractivity contribution in [3.8, 4) is 5.88 Å². The SMILES string of the molecule is O=C(NCc1ccc(F)cc1)c1ccc(OC2CCSC2)nc1. The van der Waals surface area contributed by atoms with Crippen molar-refractivity contribution in [1.82, 2.24) is 10.3 Å². The van der Waals surface area contributed by atoms with E-state index < -0.39 is 0 Å². The minimum absolute atomic E-state index is 0.214. The number of aromatic nitrogens is 1. The van der Waals surface area contributed by atoms with Crippen LogP contribution in [0, 0.1) is 5.82 Å². The van der Waals surface area contributed by atoms with Crippen molar-refractivity contribution in [2.45, 2.75) is 19.1 Å². The Morgan fingerprint density at radius 1 is 1.30 bits per heavy atom. The van der Waals surface area contributed by atoms with Crippen LogP contribution in [0.3, 0.4) is 0 Å². The number of carbonyl (C=O) groups is 1. The number of nitrogens with zero attached hydrogens (tertiary/aromatic N) is 1. The van der Waals surface area contributed by atoms with Gasteiger partial charge in [-0.3, -0.25) is 4.79 Å². The Hall–Kier alpha value is -2.08. The number of thioether (sulfide) groups is 1. The van der Waals surface area contributed by atoms with E-state index in [1.807, 2.05) is 11.8 Å². The standard InChI is InChI=1S/C17H17FN2O2S/c18-14-4-1-12(2-5-14)9-20-17(21)13-3-6-16(19-10-13)22-15-7-8-23-11-15/h1-6,10,15H,7-9,11H2,(H,20,21). The average molecular weight is 332 g/mol. The third-order valence-corrected chi connectivity index (χ3v) is 4.67. The van der Waals surface area contributed by atoms with Gasteiger partial charge in [-0.05, 0) is 35.9 Å². The molecule has 0 saturated carbocycles. The van der Waals surface area contributed by atoms with Gasteiger partial charge in [0.15, 0.2) is 0 Å². The molecule has 1 aromatic carbocycles. The highest BCUT2D eigenvalue weighted by Gasteiger charge is 2.17. The van der Waals surface area contributed by atoms with E-state index in [0.717, 1.165) is 23.5 Å². The fourth-order valence-electron chi connectivity index (χ4n) is 2.25. The Kier molecular flexibility index (Phi) is 5.12. The second-order valence-electron chi connectivity index (χ2n) is 5.30. The van der Waals surface area contributed by atoms with Crippen molar-refractivity contribution in [1.29, 1.82) is 0 Å². The van der Waals surface area contributed by atoms with E-state index in [4.69, 9.17) is 4.74 Å². The Bertz CT molecular complexity index is 655. The molecule has 0 radical (unpaired) electrons. The van der Waals surface area contributed by atoms with Gasteiger partial charge < -0.3 is 10.1 Å². The van der Waals surface area contributed by atoms with E-state index >= 15 is 0 Å². The molecule has 1 N–H and O–H groups in total. The van der Waals surface area contributed by atoms with Crippen molar-refractivity contribution >= 4 is 17.7 Å². The van der Waals surface area contributed by atoms with E-state index in [1.165, 1.54) is 18.3 Å². The molecule has 1 saturated heterocycles. The van der Waals surface area contributed by atoms with Crippen LogP contribution >= 0.6 is 11.8 Å². The lowest BCUT2D eigenvalue weighted by atomic mass is 10.2. The van der Waals surface area contributed by atoms with Crippen LogP contribution in [0.2, 0.25) is 0 Å². The van der Waals surface area contributed by atoms with Crippen LogP contribution in [0.25, 0.3) is 0 Å². The smallest absolute Gasteiger partial charge is 0.253 e. The molecule has 23 heavy (non-hydrogen) atoms. The summed E-state index contributed by atoms with van der Waals surface area (Å²) in [5.74, 6) is 2.15. The first kappa shape index (κ1) is 15.8. The molecule has 1 aliphatic rings. The first-order chi connectivity index (χ1) is 11.2. The number of pyridine rings is 1. The molecule has 3 rings (SSSR count). The summed E-state index contributed by atoms with van der Waals surface area (Å²) < 4.78 is 18.6. The molecule has 1 atom stereocenters. The van der Waals surface area contributed by atoms with Crippen LogP contribution < -0.4 is 10.1 Å². The molecular weight excluding hydrogens is 315 g/mol. The van der Waals surface area contributed by atoms with E-state index in [9.17, 15) is 9.18 Å². The molecule has 1 fully saturated rings. The molecule has 6 heteroatoms. The van der Waals surface area contributed by atoms with E-state index in [1.54, 1.807) is 24.3 Å². The lowest BCUT2D eigenvalue weighted by Gasteiger charge is -2.11. The summed E-state index contributed by atoms with van der Waals surface area (Å²) in [5.41, 5.74) is 1.31. The van der Waals surface area contributed by atoms with Crippen LogP contribution in [-0.4, -0.2) is 28.5 Å². The Morgan fingerprint density at radius 3 is 2.78 bits per heavy atom. The molecule has 0 aliphatic carbocycles. The number of amides is 1. The van der Waals surface area contributed by atoms with E-state index in [2.05, 4.69) is 10.3 Å². The number of ether oxygens (including phenoxy) is 1. The summed E-state index contributed by atoms with van der Waals surface area (Å²) in [4.78, 5) is 16.3. The lowest BCUT2D eigenvalue weighted by molar-refractivity contribution is 0.0950. The number of hydrogen-bond acceptors (Lipinski definition) is 4. The number of nitrogens with one attached hydrogen (secondary N) is 1. The number of hydrogen-bond donors (Lipinski definition) is 1. The quantitative estimate of drug-likeness (QED) is 0.914. The molecule has 2 aromatic rings. The van der Waals surface area contributed by atoms with Crippen molar-refractivity contribution in [3.63, 3.8) is 0 Å². The molecule has 0 bridgehead atoms. The largest absolute Gasteiger partial charge is 0.473 e.